The Hall–Kier alpha value is -2.15. The molecule has 182 valence electrons. The van der Waals surface area contributed by atoms with Gasteiger partial charge >= 0.3 is 5.97 Å². The zero-order valence-electron chi connectivity index (χ0n) is 20.4. The third kappa shape index (κ3) is 5.51. The van der Waals surface area contributed by atoms with Crippen LogP contribution in [-0.4, -0.2) is 41.1 Å². The van der Waals surface area contributed by atoms with E-state index in [9.17, 15) is 9.59 Å². The average molecular weight is 458 g/mol. The van der Waals surface area contributed by atoms with Gasteiger partial charge in [0.25, 0.3) is 0 Å². The lowest BCUT2D eigenvalue weighted by molar-refractivity contribution is -0.127. The lowest BCUT2D eigenvalue weighted by Crippen LogP contribution is -2.48. The molecule has 1 amide bonds. The van der Waals surface area contributed by atoms with E-state index in [-0.39, 0.29) is 24.7 Å². The average Bonchev–Trinajstić information content (AvgIpc) is 3.26. The third-order valence-corrected chi connectivity index (χ3v) is 7.41. The van der Waals surface area contributed by atoms with Gasteiger partial charge in [-0.15, -0.1) is 5.10 Å². The van der Waals surface area contributed by atoms with E-state index < -0.39 is 5.97 Å². The van der Waals surface area contributed by atoms with Gasteiger partial charge in [-0.1, -0.05) is 19.9 Å². The first-order valence-electron chi connectivity index (χ1n) is 12.9. The summed E-state index contributed by atoms with van der Waals surface area (Å²) in [5.74, 6) is 1.24. The van der Waals surface area contributed by atoms with E-state index in [2.05, 4.69) is 19.9 Å². The number of esters is 1. The van der Waals surface area contributed by atoms with Crippen molar-refractivity contribution < 1.29 is 19.1 Å². The lowest BCUT2D eigenvalue weighted by atomic mass is 9.82. The molecule has 1 aromatic heterocycles. The van der Waals surface area contributed by atoms with E-state index in [0.717, 1.165) is 69.9 Å². The number of carbonyl (C=O) groups excluding carboxylic acids is 2. The fraction of sp³-hybridized carbons (Fsp3) is 0.731. The summed E-state index contributed by atoms with van der Waals surface area (Å²) >= 11 is 0. The van der Waals surface area contributed by atoms with Gasteiger partial charge in [-0.2, -0.15) is 0 Å². The molecule has 1 saturated carbocycles. The molecule has 7 heteroatoms. The number of carbonyl (C=O) groups is 2. The van der Waals surface area contributed by atoms with E-state index in [1.54, 1.807) is 22.7 Å². The molecule has 1 saturated heterocycles. The van der Waals surface area contributed by atoms with Gasteiger partial charge < -0.3 is 9.47 Å². The molecule has 3 aliphatic rings. The number of amides is 1. The topological polar surface area (TPSA) is 73.7 Å². The highest BCUT2D eigenvalue weighted by molar-refractivity contribution is 6.02. The summed E-state index contributed by atoms with van der Waals surface area (Å²) in [5, 5.41) is 4.84. The van der Waals surface area contributed by atoms with Crippen molar-refractivity contribution >= 4 is 23.4 Å². The monoisotopic (exact) mass is 457 g/mol. The normalized spacial score (nSPS) is 28.2. The van der Waals surface area contributed by atoms with Crippen molar-refractivity contribution in [2.24, 2.45) is 17.8 Å². The maximum absolute atomic E-state index is 13.9. The Kier molecular flexibility index (Phi) is 7.89. The summed E-state index contributed by atoms with van der Waals surface area (Å²) in [6, 6.07) is 0. The van der Waals surface area contributed by atoms with Crippen molar-refractivity contribution in [3.05, 3.63) is 17.8 Å². The number of hydrogen-bond donors (Lipinski definition) is 0. The van der Waals surface area contributed by atoms with Crippen LogP contribution < -0.4 is 4.90 Å². The summed E-state index contributed by atoms with van der Waals surface area (Å²) in [6.07, 6.45) is 13.2. The molecule has 4 rings (SSSR count). The smallest absolute Gasteiger partial charge is 0.343 e. The van der Waals surface area contributed by atoms with E-state index in [0.29, 0.717) is 29.8 Å². The molecule has 0 aromatic carbocycles. The van der Waals surface area contributed by atoms with E-state index in [1.807, 2.05) is 0 Å². The molecule has 0 spiro atoms. The zero-order chi connectivity index (χ0) is 23.4. The second-order valence-corrected chi connectivity index (χ2v) is 10.1. The quantitative estimate of drug-likeness (QED) is 0.534. The minimum atomic E-state index is -0.436. The van der Waals surface area contributed by atoms with Gasteiger partial charge in [-0.3, -0.25) is 9.69 Å². The van der Waals surface area contributed by atoms with Crippen LogP contribution in [-0.2, 0) is 14.3 Å². The summed E-state index contributed by atoms with van der Waals surface area (Å²) in [6.45, 7) is 7.19. The molecule has 2 fully saturated rings. The highest BCUT2D eigenvalue weighted by Gasteiger charge is 2.38. The Morgan fingerprint density at radius 2 is 1.91 bits per heavy atom. The van der Waals surface area contributed by atoms with Crippen LogP contribution in [0.3, 0.4) is 0 Å². The third-order valence-electron chi connectivity index (χ3n) is 7.41. The van der Waals surface area contributed by atoms with Crippen LogP contribution >= 0.6 is 0 Å². The summed E-state index contributed by atoms with van der Waals surface area (Å²) in [5.41, 5.74) is 1.43. The summed E-state index contributed by atoms with van der Waals surface area (Å²) < 4.78 is 13.2. The first-order chi connectivity index (χ1) is 16.0. The summed E-state index contributed by atoms with van der Waals surface area (Å²) in [7, 11) is 0. The number of hydrogen-bond acceptors (Lipinski definition) is 5. The highest BCUT2D eigenvalue weighted by Crippen LogP contribution is 2.35. The standard InChI is InChI=1S/C26H39N3O4/c1-4-32-26(31)22-17-28(21-14-10-19(3)11-15-21)27-24(22)29(23-7-5-6-16-33-23)25(30)20-12-8-18(2)9-13-20/h14,17-20,23H,4-13,15-16H2,1-3H3/t18-,19?,20-,23?. The molecular formula is C26H39N3O4. The first kappa shape index (κ1) is 24.0. The molecule has 1 aromatic rings. The number of rotatable bonds is 6. The van der Waals surface area contributed by atoms with E-state index in [1.165, 1.54) is 0 Å². The molecule has 33 heavy (non-hydrogen) atoms. The predicted octanol–water partition coefficient (Wildman–Crippen LogP) is 5.41. The van der Waals surface area contributed by atoms with Gasteiger partial charge in [0.1, 0.15) is 11.8 Å². The number of ether oxygens (including phenoxy) is 2. The van der Waals surface area contributed by atoms with Gasteiger partial charge in [0, 0.05) is 24.4 Å². The van der Waals surface area contributed by atoms with Crippen molar-refractivity contribution in [1.82, 2.24) is 9.78 Å². The van der Waals surface area contributed by atoms with Crippen LogP contribution in [0.5, 0.6) is 0 Å². The van der Waals surface area contributed by atoms with Crippen LogP contribution in [0.1, 0.15) is 95.3 Å². The second-order valence-electron chi connectivity index (χ2n) is 10.1. The van der Waals surface area contributed by atoms with Crippen molar-refractivity contribution in [2.75, 3.05) is 18.1 Å². The van der Waals surface area contributed by atoms with Gasteiger partial charge in [0.2, 0.25) is 5.91 Å². The Bertz CT molecular complexity index is 863. The van der Waals surface area contributed by atoms with Crippen LogP contribution in [0.25, 0.3) is 5.70 Å². The molecule has 2 aliphatic carbocycles. The first-order valence-corrected chi connectivity index (χ1v) is 12.9. The Balaban J connectivity index is 1.72. The molecule has 0 radical (unpaired) electrons. The van der Waals surface area contributed by atoms with Crippen molar-refractivity contribution in [3.8, 4) is 0 Å². The fourth-order valence-corrected chi connectivity index (χ4v) is 5.22. The Labute approximate surface area is 197 Å². The molecule has 7 nitrogen and oxygen atoms in total. The molecular weight excluding hydrogens is 418 g/mol. The van der Waals surface area contributed by atoms with Crippen molar-refractivity contribution in [2.45, 2.75) is 91.2 Å². The fourth-order valence-electron chi connectivity index (χ4n) is 5.22. The minimum Gasteiger partial charge on any atom is -0.462 e. The second kappa shape index (κ2) is 10.9. The van der Waals surface area contributed by atoms with E-state index in [4.69, 9.17) is 14.6 Å². The SMILES string of the molecule is CCOC(=O)c1cn(C2=CCC(C)CC2)nc1N(C(=O)[C@H]1CC[C@H](C)CC1)C1CCCCO1. The van der Waals surface area contributed by atoms with Crippen LogP contribution in [0.2, 0.25) is 0 Å². The molecule has 2 atom stereocenters. The maximum atomic E-state index is 13.9. The van der Waals surface area contributed by atoms with Gasteiger partial charge in [-0.05, 0) is 83.0 Å². The molecule has 1 aliphatic heterocycles. The van der Waals surface area contributed by atoms with Crippen LogP contribution in [0, 0.1) is 17.8 Å². The molecule has 2 heterocycles. The predicted molar refractivity (Wildman–Crippen MR) is 128 cm³/mol. The number of anilines is 1. The van der Waals surface area contributed by atoms with Crippen molar-refractivity contribution in [3.63, 3.8) is 0 Å². The molecule has 2 unspecified atom stereocenters. The van der Waals surface area contributed by atoms with E-state index >= 15 is 0 Å². The lowest BCUT2D eigenvalue weighted by Gasteiger charge is -2.36. The Morgan fingerprint density at radius 3 is 2.55 bits per heavy atom. The number of nitrogens with zero attached hydrogens (tertiary/aromatic N) is 3. The molecule has 0 N–H and O–H groups in total. The highest BCUT2D eigenvalue weighted by atomic mass is 16.5. The van der Waals surface area contributed by atoms with Gasteiger partial charge in [0.05, 0.1) is 6.61 Å². The van der Waals surface area contributed by atoms with Crippen molar-refractivity contribution in [1.29, 1.82) is 0 Å². The molecule has 0 bridgehead atoms. The van der Waals surface area contributed by atoms with Gasteiger partial charge in [0.15, 0.2) is 5.82 Å². The van der Waals surface area contributed by atoms with Gasteiger partial charge in [-0.25, -0.2) is 9.48 Å². The largest absolute Gasteiger partial charge is 0.462 e. The zero-order valence-corrected chi connectivity index (χ0v) is 20.4. The number of aromatic nitrogens is 2. The maximum Gasteiger partial charge on any atom is 0.343 e. The Morgan fingerprint density at radius 1 is 1.12 bits per heavy atom. The van der Waals surface area contributed by atoms with Crippen LogP contribution in [0.15, 0.2) is 12.3 Å². The van der Waals surface area contributed by atoms with Crippen LogP contribution in [0.4, 0.5) is 5.82 Å². The summed E-state index contributed by atoms with van der Waals surface area (Å²) in [4.78, 5) is 28.6. The number of allylic oxidation sites excluding steroid dienone is 2. The minimum absolute atomic E-state index is 0.0378.